The topological polar surface area (TPSA) is 74.2 Å². The molecule has 0 fully saturated rings. The molecule has 0 aliphatic carbocycles. The van der Waals surface area contributed by atoms with Crippen LogP contribution in [0.25, 0.3) is 11.2 Å². The van der Waals surface area contributed by atoms with Crippen LogP contribution in [0.15, 0.2) is 81.6 Å². The molecule has 2 aromatic heterocycles. The van der Waals surface area contributed by atoms with E-state index < -0.39 is 0 Å². The van der Waals surface area contributed by atoms with Gasteiger partial charge in [0.05, 0.1) is 12.0 Å². The number of aromatic nitrogens is 4. The van der Waals surface area contributed by atoms with E-state index in [0.29, 0.717) is 24.3 Å². The average molecular weight is 401 g/mol. The van der Waals surface area contributed by atoms with Crippen LogP contribution in [0.2, 0.25) is 0 Å². The minimum absolute atomic E-state index is 0.330. The minimum atomic E-state index is -0.377. The van der Waals surface area contributed by atoms with Gasteiger partial charge in [-0.1, -0.05) is 60.7 Å². The lowest BCUT2D eigenvalue weighted by Gasteiger charge is -2.09. The molecule has 4 aromatic rings. The van der Waals surface area contributed by atoms with Crippen LogP contribution < -0.4 is 11.2 Å². The third-order valence-electron chi connectivity index (χ3n) is 5.14. The lowest BCUT2D eigenvalue weighted by molar-refractivity contribution is 0.655. The van der Waals surface area contributed by atoms with Crippen molar-refractivity contribution < 1.29 is 0 Å². The molecule has 0 aliphatic rings. The fourth-order valence-corrected chi connectivity index (χ4v) is 3.54. The molecule has 2 heterocycles. The van der Waals surface area contributed by atoms with Crippen LogP contribution in [-0.2, 0) is 20.6 Å². The number of fused-ring (bicyclic) bond motifs is 1. The standard InChI is InChI=1S/C23H23N5O2/c1-26-21-20(22(29)27(2)23(26)30)28(16-25-21)15-9-14-24-19(17-10-5-3-6-11-17)18-12-7-4-8-13-18/h3-8,10-13,16H,9,14-15H2,1-2H3. The third-order valence-corrected chi connectivity index (χ3v) is 5.14. The van der Waals surface area contributed by atoms with E-state index in [9.17, 15) is 9.59 Å². The molecule has 0 N–H and O–H groups in total. The summed E-state index contributed by atoms with van der Waals surface area (Å²) in [6, 6.07) is 20.2. The van der Waals surface area contributed by atoms with E-state index in [2.05, 4.69) is 29.2 Å². The molecule has 0 aliphatic heterocycles. The Morgan fingerprint density at radius 2 is 1.50 bits per heavy atom. The first-order valence-electron chi connectivity index (χ1n) is 9.84. The summed E-state index contributed by atoms with van der Waals surface area (Å²) >= 11 is 0. The molecule has 0 saturated carbocycles. The molecule has 0 unspecified atom stereocenters. The van der Waals surface area contributed by atoms with Crippen LogP contribution in [-0.4, -0.2) is 30.9 Å². The van der Waals surface area contributed by atoms with Crippen LogP contribution in [0.1, 0.15) is 17.5 Å². The highest BCUT2D eigenvalue weighted by Crippen LogP contribution is 2.12. The van der Waals surface area contributed by atoms with Crippen molar-refractivity contribution in [1.29, 1.82) is 0 Å². The van der Waals surface area contributed by atoms with Gasteiger partial charge in [-0.05, 0) is 6.42 Å². The van der Waals surface area contributed by atoms with E-state index in [1.54, 1.807) is 17.9 Å². The number of hydrogen-bond donors (Lipinski definition) is 0. The maximum Gasteiger partial charge on any atom is 0.332 e. The van der Waals surface area contributed by atoms with Gasteiger partial charge in [-0.3, -0.25) is 18.9 Å². The van der Waals surface area contributed by atoms with E-state index in [1.807, 2.05) is 36.4 Å². The minimum Gasteiger partial charge on any atom is -0.325 e. The highest BCUT2D eigenvalue weighted by molar-refractivity contribution is 6.12. The largest absolute Gasteiger partial charge is 0.332 e. The first-order chi connectivity index (χ1) is 14.6. The van der Waals surface area contributed by atoms with E-state index in [-0.39, 0.29) is 11.2 Å². The van der Waals surface area contributed by atoms with Gasteiger partial charge >= 0.3 is 5.69 Å². The molecular weight excluding hydrogens is 378 g/mol. The molecule has 0 amide bonds. The summed E-state index contributed by atoms with van der Waals surface area (Å²) in [5, 5.41) is 0. The van der Waals surface area contributed by atoms with Crippen molar-refractivity contribution in [2.45, 2.75) is 13.0 Å². The Morgan fingerprint density at radius 1 is 0.900 bits per heavy atom. The summed E-state index contributed by atoms with van der Waals surface area (Å²) in [6.45, 7) is 1.19. The van der Waals surface area contributed by atoms with Crippen LogP contribution >= 0.6 is 0 Å². The van der Waals surface area contributed by atoms with E-state index in [0.717, 1.165) is 27.8 Å². The number of rotatable bonds is 6. The van der Waals surface area contributed by atoms with Gasteiger partial charge in [0.1, 0.15) is 0 Å². The fraction of sp³-hybridized carbons (Fsp3) is 0.217. The monoisotopic (exact) mass is 401 g/mol. The van der Waals surface area contributed by atoms with Crippen LogP contribution in [0, 0.1) is 0 Å². The molecule has 4 rings (SSSR count). The number of aliphatic imine (C=N–C) groups is 1. The Kier molecular flexibility index (Phi) is 5.43. The van der Waals surface area contributed by atoms with Gasteiger partial charge < -0.3 is 4.57 Å². The molecule has 0 spiro atoms. The molecular formula is C23H23N5O2. The van der Waals surface area contributed by atoms with Gasteiger partial charge in [-0.15, -0.1) is 0 Å². The average Bonchev–Trinajstić information content (AvgIpc) is 3.21. The number of hydrogen-bond acceptors (Lipinski definition) is 4. The summed E-state index contributed by atoms with van der Waals surface area (Å²) in [7, 11) is 3.11. The van der Waals surface area contributed by atoms with Crippen molar-refractivity contribution in [2.24, 2.45) is 19.1 Å². The Labute approximate surface area is 173 Å². The summed E-state index contributed by atoms with van der Waals surface area (Å²) in [5.41, 5.74) is 3.23. The normalized spacial score (nSPS) is 11.0. The summed E-state index contributed by atoms with van der Waals surface area (Å²) < 4.78 is 4.31. The SMILES string of the molecule is Cn1c(=O)c2c(ncn2CCCN=C(c2ccccc2)c2ccccc2)n(C)c1=O. The number of imidazole rings is 1. The van der Waals surface area contributed by atoms with Gasteiger partial charge in [0.2, 0.25) is 0 Å². The zero-order valence-electron chi connectivity index (χ0n) is 17.0. The molecule has 2 aromatic carbocycles. The molecule has 7 nitrogen and oxygen atoms in total. The van der Waals surface area contributed by atoms with Crippen molar-refractivity contribution in [3.05, 3.63) is 99.0 Å². The zero-order valence-corrected chi connectivity index (χ0v) is 17.0. The summed E-state index contributed by atoms with van der Waals surface area (Å²) in [5.74, 6) is 0. The van der Waals surface area contributed by atoms with E-state index in [4.69, 9.17) is 4.99 Å². The van der Waals surface area contributed by atoms with Crippen molar-refractivity contribution in [1.82, 2.24) is 18.7 Å². The second-order valence-electron chi connectivity index (χ2n) is 7.13. The Balaban J connectivity index is 1.58. The lowest BCUT2D eigenvalue weighted by Crippen LogP contribution is -2.37. The predicted octanol–water partition coefficient (Wildman–Crippen LogP) is 2.36. The Hall–Kier alpha value is -3.74. The second kappa shape index (κ2) is 8.32. The van der Waals surface area contributed by atoms with E-state index >= 15 is 0 Å². The van der Waals surface area contributed by atoms with Gasteiger partial charge in [0.25, 0.3) is 5.56 Å². The third kappa shape index (κ3) is 3.61. The molecule has 0 bridgehead atoms. The predicted molar refractivity (Wildman–Crippen MR) is 118 cm³/mol. The van der Waals surface area contributed by atoms with Crippen LogP contribution in [0.5, 0.6) is 0 Å². The van der Waals surface area contributed by atoms with Gasteiger partial charge in [-0.2, -0.15) is 0 Å². The fourth-order valence-electron chi connectivity index (χ4n) is 3.54. The molecule has 30 heavy (non-hydrogen) atoms. The molecule has 0 atom stereocenters. The molecule has 7 heteroatoms. The summed E-state index contributed by atoms with van der Waals surface area (Å²) in [6.07, 6.45) is 2.35. The quantitative estimate of drug-likeness (QED) is 0.368. The van der Waals surface area contributed by atoms with E-state index in [1.165, 1.54) is 11.6 Å². The molecule has 0 saturated heterocycles. The highest BCUT2D eigenvalue weighted by Gasteiger charge is 2.14. The van der Waals surface area contributed by atoms with Crippen molar-refractivity contribution in [2.75, 3.05) is 6.54 Å². The van der Waals surface area contributed by atoms with Crippen molar-refractivity contribution in [3.8, 4) is 0 Å². The van der Waals surface area contributed by atoms with Gasteiger partial charge in [0.15, 0.2) is 11.2 Å². The first kappa shape index (κ1) is 19.6. The number of benzene rings is 2. The zero-order chi connectivity index (χ0) is 21.1. The maximum atomic E-state index is 12.6. The molecule has 152 valence electrons. The summed E-state index contributed by atoms with van der Waals surface area (Å²) in [4.78, 5) is 33.8. The van der Waals surface area contributed by atoms with Crippen molar-refractivity contribution >= 4 is 16.9 Å². The van der Waals surface area contributed by atoms with Crippen LogP contribution in [0.3, 0.4) is 0 Å². The van der Waals surface area contributed by atoms with Gasteiger partial charge in [0, 0.05) is 38.3 Å². The smallest absolute Gasteiger partial charge is 0.325 e. The Bertz CT molecular complexity index is 1270. The molecule has 0 radical (unpaired) electrons. The Morgan fingerprint density at radius 3 is 2.10 bits per heavy atom. The highest BCUT2D eigenvalue weighted by atomic mass is 16.2. The first-order valence-corrected chi connectivity index (χ1v) is 9.84. The number of aryl methyl sites for hydroxylation is 2. The number of nitrogens with zero attached hydrogens (tertiary/aromatic N) is 5. The maximum absolute atomic E-state index is 12.6. The lowest BCUT2D eigenvalue weighted by atomic mass is 10.0. The van der Waals surface area contributed by atoms with Gasteiger partial charge in [-0.25, -0.2) is 9.78 Å². The second-order valence-corrected chi connectivity index (χ2v) is 7.13. The van der Waals surface area contributed by atoms with Crippen LogP contribution in [0.4, 0.5) is 0 Å². The van der Waals surface area contributed by atoms with Crippen molar-refractivity contribution in [3.63, 3.8) is 0 Å².